The van der Waals surface area contributed by atoms with Gasteiger partial charge in [-0.25, -0.2) is 0 Å². The van der Waals surface area contributed by atoms with Crippen molar-refractivity contribution in [1.29, 1.82) is 0 Å². The highest BCUT2D eigenvalue weighted by molar-refractivity contribution is 5.85. The maximum atomic E-state index is 12.5. The van der Waals surface area contributed by atoms with Crippen molar-refractivity contribution in [2.45, 2.75) is 25.7 Å². The van der Waals surface area contributed by atoms with Gasteiger partial charge in [0.2, 0.25) is 0 Å². The van der Waals surface area contributed by atoms with Crippen LogP contribution in [0.4, 0.5) is 0 Å². The van der Waals surface area contributed by atoms with Crippen molar-refractivity contribution in [3.8, 4) is 17.1 Å². The van der Waals surface area contributed by atoms with Crippen LogP contribution in [0.1, 0.15) is 25.7 Å². The highest BCUT2D eigenvalue weighted by atomic mass is 35.5. The van der Waals surface area contributed by atoms with E-state index in [0.29, 0.717) is 29.1 Å². The Morgan fingerprint density at radius 1 is 0.967 bits per heavy atom. The highest BCUT2D eigenvalue weighted by Gasteiger charge is 2.08. The Morgan fingerprint density at radius 3 is 2.50 bits per heavy atom. The van der Waals surface area contributed by atoms with E-state index in [1.807, 2.05) is 43.4 Å². The van der Waals surface area contributed by atoms with Crippen molar-refractivity contribution in [1.82, 2.24) is 4.90 Å². The number of hydrogen-bond acceptors (Lipinski definition) is 5. The molecule has 1 aromatic heterocycles. The van der Waals surface area contributed by atoms with Crippen LogP contribution in [0.3, 0.4) is 0 Å². The van der Waals surface area contributed by atoms with Crippen LogP contribution in [0.15, 0.2) is 63.8 Å². The number of halogens is 1. The summed E-state index contributed by atoms with van der Waals surface area (Å²) in [5.74, 6) is 1.27. The van der Waals surface area contributed by atoms with E-state index in [0.717, 1.165) is 44.3 Å². The lowest BCUT2D eigenvalue weighted by atomic mass is 10.1. The molecule has 6 heteroatoms. The van der Waals surface area contributed by atoms with E-state index in [2.05, 4.69) is 4.90 Å². The molecular formula is C24H30ClNO4. The second kappa shape index (κ2) is 12.4. The Balaban J connectivity index is 0.00000320. The average Bonchev–Trinajstić information content (AvgIpc) is 2.74. The Kier molecular flexibility index (Phi) is 9.87. The summed E-state index contributed by atoms with van der Waals surface area (Å²) in [7, 11) is 2.03. The van der Waals surface area contributed by atoms with Gasteiger partial charge < -0.3 is 19.2 Å². The minimum atomic E-state index is -0.0671. The van der Waals surface area contributed by atoms with Crippen molar-refractivity contribution in [3.05, 3.63) is 64.8 Å². The van der Waals surface area contributed by atoms with Gasteiger partial charge in [0.05, 0.1) is 18.6 Å². The summed E-state index contributed by atoms with van der Waals surface area (Å²) in [6.07, 6.45) is 4.34. The van der Waals surface area contributed by atoms with Gasteiger partial charge in [0.15, 0.2) is 5.43 Å². The predicted octanol–water partition coefficient (Wildman–Crippen LogP) is 4.75. The Hall–Kier alpha value is -2.34. The van der Waals surface area contributed by atoms with E-state index in [9.17, 15) is 4.79 Å². The third kappa shape index (κ3) is 6.87. The zero-order chi connectivity index (χ0) is 20.5. The second-order valence-corrected chi connectivity index (χ2v) is 7.29. The molecule has 0 fully saturated rings. The quantitative estimate of drug-likeness (QED) is 0.444. The zero-order valence-corrected chi connectivity index (χ0v) is 18.2. The molecule has 0 aliphatic carbocycles. The molecule has 0 bridgehead atoms. The zero-order valence-electron chi connectivity index (χ0n) is 17.4. The molecule has 0 saturated heterocycles. The number of fused-ring (bicyclic) bond motifs is 1. The molecule has 1 N–H and O–H groups in total. The van der Waals surface area contributed by atoms with E-state index in [1.165, 1.54) is 6.07 Å². The van der Waals surface area contributed by atoms with Gasteiger partial charge in [0, 0.05) is 18.2 Å². The van der Waals surface area contributed by atoms with Crippen LogP contribution >= 0.6 is 12.4 Å². The van der Waals surface area contributed by atoms with Gasteiger partial charge >= 0.3 is 0 Å². The molecule has 0 saturated carbocycles. The summed E-state index contributed by atoms with van der Waals surface area (Å²) < 4.78 is 11.7. The molecule has 3 aromatic rings. The van der Waals surface area contributed by atoms with Crippen molar-refractivity contribution in [3.63, 3.8) is 0 Å². The van der Waals surface area contributed by atoms with Crippen LogP contribution in [0, 0.1) is 0 Å². The summed E-state index contributed by atoms with van der Waals surface area (Å²) >= 11 is 0. The highest BCUT2D eigenvalue weighted by Crippen LogP contribution is 2.24. The van der Waals surface area contributed by atoms with E-state index in [-0.39, 0.29) is 24.4 Å². The van der Waals surface area contributed by atoms with Crippen molar-refractivity contribution >= 4 is 23.4 Å². The van der Waals surface area contributed by atoms with Gasteiger partial charge in [-0.15, -0.1) is 12.4 Å². The number of benzene rings is 2. The van der Waals surface area contributed by atoms with Crippen LogP contribution in [0.2, 0.25) is 0 Å². The van der Waals surface area contributed by atoms with Crippen LogP contribution in [-0.2, 0) is 0 Å². The Bertz CT molecular complexity index is 958. The van der Waals surface area contributed by atoms with Gasteiger partial charge in [-0.05, 0) is 44.6 Å². The van der Waals surface area contributed by atoms with Gasteiger partial charge in [-0.3, -0.25) is 4.79 Å². The smallest absolute Gasteiger partial charge is 0.193 e. The molecule has 0 aliphatic rings. The first-order chi connectivity index (χ1) is 14.2. The molecule has 0 radical (unpaired) electrons. The van der Waals surface area contributed by atoms with Crippen LogP contribution < -0.4 is 10.2 Å². The summed E-state index contributed by atoms with van der Waals surface area (Å²) in [5.41, 5.74) is 1.38. The maximum Gasteiger partial charge on any atom is 0.193 e. The van der Waals surface area contributed by atoms with Gasteiger partial charge in [0.25, 0.3) is 0 Å². The lowest BCUT2D eigenvalue weighted by molar-refractivity contribution is 0.218. The molecule has 30 heavy (non-hydrogen) atoms. The standard InChI is InChI=1S/C24H29NO4.ClH/c1-25(14-15-26)13-7-2-3-8-16-28-20-11-12-23-21(17-20)22(27)18-24(29-23)19-9-5-4-6-10-19;/h4-6,9-12,17-18,26H,2-3,7-8,13-16H2,1H3;1H. The molecular weight excluding hydrogens is 402 g/mol. The maximum absolute atomic E-state index is 12.5. The minimum absolute atomic E-state index is 0. The number of aliphatic hydroxyl groups is 1. The Morgan fingerprint density at radius 2 is 1.73 bits per heavy atom. The third-order valence-corrected chi connectivity index (χ3v) is 4.94. The molecule has 1 heterocycles. The topological polar surface area (TPSA) is 62.9 Å². The largest absolute Gasteiger partial charge is 0.494 e. The fraction of sp³-hybridized carbons (Fsp3) is 0.375. The van der Waals surface area contributed by atoms with Crippen LogP contribution in [0.25, 0.3) is 22.3 Å². The SMILES string of the molecule is CN(CCO)CCCCCCOc1ccc2oc(-c3ccccc3)cc(=O)c2c1.Cl. The Labute approximate surface area is 183 Å². The number of ether oxygens (including phenoxy) is 1. The summed E-state index contributed by atoms with van der Waals surface area (Å²) in [5, 5.41) is 9.42. The van der Waals surface area contributed by atoms with E-state index < -0.39 is 0 Å². The third-order valence-electron chi connectivity index (χ3n) is 4.94. The number of aliphatic hydroxyl groups excluding tert-OH is 1. The first kappa shape index (κ1) is 23.9. The number of nitrogens with zero attached hydrogens (tertiary/aromatic N) is 1. The number of rotatable bonds is 11. The van der Waals surface area contributed by atoms with E-state index in [4.69, 9.17) is 14.3 Å². The number of likely N-dealkylation sites (N-methyl/N-ethyl adjacent to an activating group) is 1. The molecule has 2 aromatic carbocycles. The fourth-order valence-corrected chi connectivity index (χ4v) is 3.28. The molecule has 0 amide bonds. The first-order valence-electron chi connectivity index (χ1n) is 10.2. The van der Waals surface area contributed by atoms with Crippen LogP contribution in [-0.4, -0.2) is 43.4 Å². The molecule has 162 valence electrons. The molecule has 0 aliphatic heterocycles. The van der Waals surface area contributed by atoms with Gasteiger partial charge in [-0.1, -0.05) is 43.2 Å². The summed E-state index contributed by atoms with van der Waals surface area (Å²) in [4.78, 5) is 14.7. The minimum Gasteiger partial charge on any atom is -0.494 e. The molecule has 0 spiro atoms. The molecule has 0 atom stereocenters. The van der Waals surface area contributed by atoms with Crippen molar-refractivity contribution in [2.75, 3.05) is 33.4 Å². The molecule has 0 unspecified atom stereocenters. The lowest BCUT2D eigenvalue weighted by Crippen LogP contribution is -2.23. The van der Waals surface area contributed by atoms with Crippen molar-refractivity contribution in [2.24, 2.45) is 0 Å². The second-order valence-electron chi connectivity index (χ2n) is 7.29. The van der Waals surface area contributed by atoms with E-state index in [1.54, 1.807) is 12.1 Å². The number of unbranched alkanes of at least 4 members (excludes halogenated alkanes) is 3. The van der Waals surface area contributed by atoms with Gasteiger partial charge in [0.1, 0.15) is 17.1 Å². The van der Waals surface area contributed by atoms with E-state index >= 15 is 0 Å². The fourth-order valence-electron chi connectivity index (χ4n) is 3.28. The van der Waals surface area contributed by atoms with Crippen molar-refractivity contribution < 1.29 is 14.3 Å². The summed E-state index contributed by atoms with van der Waals surface area (Å²) in [6, 6.07) is 16.6. The first-order valence-corrected chi connectivity index (χ1v) is 10.2. The number of hydrogen-bond donors (Lipinski definition) is 1. The molecule has 3 rings (SSSR count). The predicted molar refractivity (Wildman–Crippen MR) is 124 cm³/mol. The monoisotopic (exact) mass is 431 g/mol. The normalized spacial score (nSPS) is 10.9. The van der Waals surface area contributed by atoms with Crippen LogP contribution in [0.5, 0.6) is 5.75 Å². The summed E-state index contributed by atoms with van der Waals surface area (Å²) in [6.45, 7) is 2.58. The average molecular weight is 432 g/mol. The molecule has 5 nitrogen and oxygen atoms in total. The van der Waals surface area contributed by atoms with Gasteiger partial charge in [-0.2, -0.15) is 0 Å². The lowest BCUT2D eigenvalue weighted by Gasteiger charge is -2.14.